The fourth-order valence-electron chi connectivity index (χ4n) is 1.43. The lowest BCUT2D eigenvalue weighted by Gasteiger charge is -2.10. The van der Waals surface area contributed by atoms with Gasteiger partial charge in [-0.2, -0.15) is 0 Å². The minimum Gasteiger partial charge on any atom is -0.478 e. The minimum atomic E-state index is -1.08. The van der Waals surface area contributed by atoms with Crippen molar-refractivity contribution in [3.63, 3.8) is 0 Å². The molecule has 2 N–H and O–H groups in total. The Morgan fingerprint density at radius 1 is 0.950 bits per heavy atom. The topological polar surface area (TPSA) is 74.6 Å². The van der Waals surface area contributed by atoms with Crippen LogP contribution in [0.25, 0.3) is 0 Å². The molecule has 0 saturated carbocycles. The third-order valence-electron chi connectivity index (χ3n) is 2.26. The van der Waals surface area contributed by atoms with Gasteiger partial charge in [-0.15, -0.1) is 36.7 Å². The fraction of sp³-hybridized carbons (Fsp3) is 0.143. The van der Waals surface area contributed by atoms with Gasteiger partial charge in [0.2, 0.25) is 0 Å². The molecule has 0 spiro atoms. The van der Waals surface area contributed by atoms with Crippen LogP contribution in [0.1, 0.15) is 20.7 Å². The molecule has 0 amide bonds. The average molecular weight is 310 g/mol. The molecule has 0 aromatic heterocycles. The SMILES string of the molecule is C=CCSc1cc(C(=O)O)c(SCC=C)cc1C(=O)O. The summed E-state index contributed by atoms with van der Waals surface area (Å²) in [6.45, 7) is 7.13. The summed E-state index contributed by atoms with van der Waals surface area (Å²) < 4.78 is 0. The Bertz CT molecular complexity index is 503. The van der Waals surface area contributed by atoms with Crippen molar-refractivity contribution in [1.82, 2.24) is 0 Å². The van der Waals surface area contributed by atoms with Gasteiger partial charge in [-0.25, -0.2) is 9.59 Å². The Hall–Kier alpha value is -1.66. The summed E-state index contributed by atoms with van der Waals surface area (Å²) in [5.74, 6) is -1.13. The monoisotopic (exact) mass is 310 g/mol. The lowest BCUT2D eigenvalue weighted by molar-refractivity contribution is 0.0675. The highest BCUT2D eigenvalue weighted by Crippen LogP contribution is 2.32. The normalized spacial score (nSPS) is 10.0. The summed E-state index contributed by atoms with van der Waals surface area (Å²) in [7, 11) is 0. The molecule has 0 aliphatic rings. The lowest BCUT2D eigenvalue weighted by atomic mass is 10.1. The molecule has 20 heavy (non-hydrogen) atoms. The van der Waals surface area contributed by atoms with Crippen LogP contribution in [-0.2, 0) is 0 Å². The van der Waals surface area contributed by atoms with Gasteiger partial charge < -0.3 is 10.2 Å². The second-order valence-corrected chi connectivity index (χ2v) is 5.78. The van der Waals surface area contributed by atoms with Crippen LogP contribution in [-0.4, -0.2) is 33.7 Å². The zero-order valence-corrected chi connectivity index (χ0v) is 12.3. The number of carboxylic acid groups (broad SMARTS) is 2. The van der Waals surface area contributed by atoms with Crippen LogP contribution in [0.15, 0.2) is 47.2 Å². The maximum atomic E-state index is 11.3. The summed E-state index contributed by atoms with van der Waals surface area (Å²) in [4.78, 5) is 23.4. The van der Waals surface area contributed by atoms with E-state index in [1.54, 1.807) is 12.2 Å². The van der Waals surface area contributed by atoms with Crippen LogP contribution in [0.2, 0.25) is 0 Å². The Kier molecular flexibility index (Phi) is 6.41. The van der Waals surface area contributed by atoms with Crippen molar-refractivity contribution in [1.29, 1.82) is 0 Å². The van der Waals surface area contributed by atoms with Gasteiger partial charge in [0.15, 0.2) is 0 Å². The second kappa shape index (κ2) is 7.81. The van der Waals surface area contributed by atoms with Crippen molar-refractivity contribution < 1.29 is 19.8 Å². The summed E-state index contributed by atoms with van der Waals surface area (Å²) in [5.41, 5.74) is 0.210. The number of thioether (sulfide) groups is 2. The zero-order chi connectivity index (χ0) is 15.1. The van der Waals surface area contributed by atoms with Crippen LogP contribution in [0.4, 0.5) is 0 Å². The summed E-state index contributed by atoms with van der Waals surface area (Å²) in [5, 5.41) is 18.5. The average Bonchev–Trinajstić information content (AvgIpc) is 2.42. The number of benzene rings is 1. The molecule has 0 aliphatic carbocycles. The molecule has 0 fully saturated rings. The number of rotatable bonds is 8. The van der Waals surface area contributed by atoms with E-state index in [2.05, 4.69) is 13.2 Å². The fourth-order valence-corrected chi connectivity index (χ4v) is 3.03. The van der Waals surface area contributed by atoms with E-state index in [4.69, 9.17) is 0 Å². The minimum absolute atomic E-state index is 0.105. The van der Waals surface area contributed by atoms with E-state index in [0.717, 1.165) is 0 Å². The Balaban J connectivity index is 3.33. The van der Waals surface area contributed by atoms with Crippen LogP contribution >= 0.6 is 23.5 Å². The Labute approximate surface area is 125 Å². The second-order valence-electron chi connectivity index (χ2n) is 3.65. The maximum absolute atomic E-state index is 11.3. The highest BCUT2D eigenvalue weighted by atomic mass is 32.2. The molecule has 1 aromatic rings. The molecule has 0 bridgehead atoms. The van der Waals surface area contributed by atoms with Crippen LogP contribution < -0.4 is 0 Å². The van der Waals surface area contributed by atoms with E-state index in [9.17, 15) is 19.8 Å². The first kappa shape index (κ1) is 16.4. The van der Waals surface area contributed by atoms with Gasteiger partial charge in [0, 0.05) is 21.3 Å². The molecule has 4 nitrogen and oxygen atoms in total. The standard InChI is InChI=1S/C14H14O4S2/c1-3-5-19-11-7-10(14(17)18)12(20-6-4-2)8-9(11)13(15)16/h3-4,7-8H,1-2,5-6H2,(H,15,16)(H,17,18). The zero-order valence-electron chi connectivity index (χ0n) is 10.7. The smallest absolute Gasteiger partial charge is 0.336 e. The predicted octanol–water partition coefficient (Wildman–Crippen LogP) is 3.64. The number of hydrogen-bond donors (Lipinski definition) is 2. The van der Waals surface area contributed by atoms with E-state index >= 15 is 0 Å². The van der Waals surface area contributed by atoms with E-state index in [-0.39, 0.29) is 11.1 Å². The Morgan fingerprint density at radius 2 is 1.30 bits per heavy atom. The van der Waals surface area contributed by atoms with Crippen LogP contribution in [0.3, 0.4) is 0 Å². The summed E-state index contributed by atoms with van der Waals surface area (Å²) >= 11 is 2.50. The molecule has 6 heteroatoms. The van der Waals surface area contributed by atoms with E-state index in [0.29, 0.717) is 21.3 Å². The van der Waals surface area contributed by atoms with Gasteiger partial charge in [0.05, 0.1) is 11.1 Å². The summed E-state index contributed by atoms with van der Waals surface area (Å²) in [6, 6.07) is 2.82. The van der Waals surface area contributed by atoms with Gasteiger partial charge in [0.1, 0.15) is 0 Å². The molecule has 0 atom stereocenters. The molecule has 1 aromatic carbocycles. The van der Waals surface area contributed by atoms with Crippen molar-refractivity contribution in [2.75, 3.05) is 11.5 Å². The van der Waals surface area contributed by atoms with Crippen molar-refractivity contribution in [2.45, 2.75) is 9.79 Å². The quantitative estimate of drug-likeness (QED) is 0.564. The third-order valence-corrected chi connectivity index (χ3v) is 4.36. The lowest BCUT2D eigenvalue weighted by Crippen LogP contribution is -2.05. The molecule has 0 heterocycles. The first-order valence-electron chi connectivity index (χ1n) is 5.63. The first-order valence-corrected chi connectivity index (χ1v) is 7.60. The number of carbonyl (C=O) groups is 2. The number of hydrogen-bond acceptors (Lipinski definition) is 4. The highest BCUT2D eigenvalue weighted by molar-refractivity contribution is 8.00. The first-order chi connectivity index (χ1) is 9.51. The molecule has 0 radical (unpaired) electrons. The highest BCUT2D eigenvalue weighted by Gasteiger charge is 2.18. The van der Waals surface area contributed by atoms with E-state index < -0.39 is 11.9 Å². The van der Waals surface area contributed by atoms with Crippen molar-refractivity contribution in [3.8, 4) is 0 Å². The largest absolute Gasteiger partial charge is 0.478 e. The van der Waals surface area contributed by atoms with Gasteiger partial charge >= 0.3 is 11.9 Å². The van der Waals surface area contributed by atoms with Gasteiger partial charge in [-0.05, 0) is 12.1 Å². The van der Waals surface area contributed by atoms with Gasteiger partial charge in [-0.3, -0.25) is 0 Å². The number of carboxylic acids is 2. The summed E-state index contributed by atoms with van der Waals surface area (Å²) in [6.07, 6.45) is 3.27. The molecular weight excluding hydrogens is 296 g/mol. The van der Waals surface area contributed by atoms with Gasteiger partial charge in [0.25, 0.3) is 0 Å². The van der Waals surface area contributed by atoms with E-state index in [1.165, 1.54) is 35.7 Å². The van der Waals surface area contributed by atoms with Crippen molar-refractivity contribution in [2.24, 2.45) is 0 Å². The molecular formula is C14H14O4S2. The molecule has 106 valence electrons. The van der Waals surface area contributed by atoms with Crippen molar-refractivity contribution in [3.05, 3.63) is 48.6 Å². The predicted molar refractivity (Wildman–Crippen MR) is 82.2 cm³/mol. The molecule has 0 saturated heterocycles. The molecule has 0 unspecified atom stereocenters. The number of aromatic carboxylic acids is 2. The maximum Gasteiger partial charge on any atom is 0.336 e. The van der Waals surface area contributed by atoms with Crippen LogP contribution in [0, 0.1) is 0 Å². The third kappa shape index (κ3) is 4.18. The molecule has 1 rings (SSSR count). The van der Waals surface area contributed by atoms with Gasteiger partial charge in [-0.1, -0.05) is 12.2 Å². The Morgan fingerprint density at radius 3 is 1.55 bits per heavy atom. The van der Waals surface area contributed by atoms with Crippen molar-refractivity contribution >= 4 is 35.5 Å². The van der Waals surface area contributed by atoms with E-state index in [1.807, 2.05) is 0 Å². The van der Waals surface area contributed by atoms with Crippen LogP contribution in [0.5, 0.6) is 0 Å². The molecule has 0 aliphatic heterocycles.